The fraction of sp³-hybridized carbons (Fsp3) is 0.440. The minimum absolute atomic E-state index is 0.0826. The van der Waals surface area contributed by atoms with Gasteiger partial charge in [-0.3, -0.25) is 4.79 Å². The van der Waals surface area contributed by atoms with Crippen molar-refractivity contribution in [3.63, 3.8) is 0 Å². The fourth-order valence-corrected chi connectivity index (χ4v) is 5.11. The van der Waals surface area contributed by atoms with E-state index in [0.717, 1.165) is 44.6 Å². The quantitative estimate of drug-likeness (QED) is 0.450. The van der Waals surface area contributed by atoms with E-state index >= 15 is 0 Å². The molecule has 1 aliphatic heterocycles. The number of carbonyl (C=O) groups excluding carboxylic acids is 1. The summed E-state index contributed by atoms with van der Waals surface area (Å²) in [6.45, 7) is 0.697. The number of alkyl halides is 3. The summed E-state index contributed by atoms with van der Waals surface area (Å²) >= 11 is 0. The van der Waals surface area contributed by atoms with Gasteiger partial charge in [0.15, 0.2) is 5.58 Å². The van der Waals surface area contributed by atoms with Gasteiger partial charge >= 0.3 is 6.18 Å². The average Bonchev–Trinajstić information content (AvgIpc) is 3.45. The number of nitrogens with zero attached hydrogens (tertiary/aromatic N) is 2. The van der Waals surface area contributed by atoms with E-state index in [0.29, 0.717) is 29.1 Å². The number of likely N-dealkylation sites (tertiary alicyclic amines) is 1. The Morgan fingerprint density at radius 3 is 2.56 bits per heavy atom. The molecule has 0 unspecified atom stereocenters. The van der Waals surface area contributed by atoms with Crippen molar-refractivity contribution in [2.75, 3.05) is 6.54 Å². The molecule has 1 saturated carbocycles. The fourth-order valence-electron chi connectivity index (χ4n) is 5.11. The van der Waals surface area contributed by atoms with E-state index in [1.54, 1.807) is 24.3 Å². The molecule has 1 atom stereocenters. The molecule has 5 rings (SSSR count). The van der Waals surface area contributed by atoms with E-state index in [4.69, 9.17) is 4.42 Å². The van der Waals surface area contributed by atoms with Crippen LogP contribution in [-0.4, -0.2) is 22.3 Å². The van der Waals surface area contributed by atoms with Gasteiger partial charge in [-0.2, -0.15) is 13.2 Å². The molecule has 1 aliphatic carbocycles. The Hall–Kier alpha value is -2.83. The van der Waals surface area contributed by atoms with Gasteiger partial charge in [-0.15, -0.1) is 0 Å². The largest absolute Gasteiger partial charge is 0.438 e. The van der Waals surface area contributed by atoms with Crippen molar-refractivity contribution in [1.29, 1.82) is 0 Å². The monoisotopic (exact) mass is 442 g/mol. The Bertz CT molecular complexity index is 1130. The summed E-state index contributed by atoms with van der Waals surface area (Å²) in [5, 5.41) is 0. The maximum absolute atomic E-state index is 13.5. The van der Waals surface area contributed by atoms with Gasteiger partial charge in [-0.25, -0.2) is 4.98 Å². The van der Waals surface area contributed by atoms with Crippen LogP contribution in [0.3, 0.4) is 0 Å². The number of fused-ring (bicyclic) bond motifs is 1. The number of halogens is 3. The van der Waals surface area contributed by atoms with Gasteiger partial charge < -0.3 is 9.32 Å². The summed E-state index contributed by atoms with van der Waals surface area (Å²) in [4.78, 5) is 19.6. The van der Waals surface area contributed by atoms with Gasteiger partial charge in [0.1, 0.15) is 11.6 Å². The molecule has 4 nitrogen and oxygen atoms in total. The summed E-state index contributed by atoms with van der Waals surface area (Å²) in [5.74, 6) is 0.747. The summed E-state index contributed by atoms with van der Waals surface area (Å²) in [7, 11) is 0. The van der Waals surface area contributed by atoms with E-state index in [1.165, 1.54) is 18.6 Å². The first-order chi connectivity index (χ1) is 15.4. The van der Waals surface area contributed by atoms with E-state index in [2.05, 4.69) is 4.98 Å². The van der Waals surface area contributed by atoms with Crippen molar-refractivity contribution >= 4 is 17.0 Å². The number of carbonyl (C=O) groups is 1. The molecule has 1 amide bonds. The lowest BCUT2D eigenvalue weighted by molar-refractivity contribution is -0.138. The highest BCUT2D eigenvalue weighted by Gasteiger charge is 2.37. The highest BCUT2D eigenvalue weighted by Crippen LogP contribution is 2.39. The first-order valence-corrected chi connectivity index (χ1v) is 11.3. The van der Waals surface area contributed by atoms with Crippen molar-refractivity contribution in [3.05, 3.63) is 53.9 Å². The van der Waals surface area contributed by atoms with Crippen LogP contribution < -0.4 is 0 Å². The summed E-state index contributed by atoms with van der Waals surface area (Å²) in [6, 6.07) is 10.2. The molecule has 1 saturated heterocycles. The Kier molecular flexibility index (Phi) is 5.43. The van der Waals surface area contributed by atoms with Crippen LogP contribution in [0.4, 0.5) is 13.2 Å². The van der Waals surface area contributed by atoms with Crippen molar-refractivity contribution in [1.82, 2.24) is 9.88 Å². The van der Waals surface area contributed by atoms with Gasteiger partial charge in [0.25, 0.3) is 0 Å². The molecule has 0 radical (unpaired) electrons. The predicted molar refractivity (Wildman–Crippen MR) is 115 cm³/mol. The van der Waals surface area contributed by atoms with Gasteiger partial charge in [0.2, 0.25) is 11.8 Å². The Morgan fingerprint density at radius 2 is 1.78 bits per heavy atom. The molecule has 32 heavy (non-hydrogen) atoms. The van der Waals surface area contributed by atoms with Crippen LogP contribution in [0.1, 0.15) is 62.4 Å². The van der Waals surface area contributed by atoms with E-state index < -0.39 is 11.7 Å². The first-order valence-electron chi connectivity index (χ1n) is 11.3. The van der Waals surface area contributed by atoms with Crippen LogP contribution in [0.5, 0.6) is 0 Å². The van der Waals surface area contributed by atoms with Crippen molar-refractivity contribution in [3.8, 4) is 11.1 Å². The van der Waals surface area contributed by atoms with Crippen LogP contribution in [-0.2, 0) is 11.0 Å². The lowest BCUT2D eigenvalue weighted by atomic mass is 9.88. The summed E-state index contributed by atoms with van der Waals surface area (Å²) < 4.78 is 46.4. The predicted octanol–water partition coefficient (Wildman–Crippen LogP) is 6.76. The maximum atomic E-state index is 13.5. The highest BCUT2D eigenvalue weighted by molar-refractivity contribution is 5.82. The molecule has 2 aliphatic rings. The molecule has 7 heteroatoms. The van der Waals surface area contributed by atoms with E-state index in [-0.39, 0.29) is 23.4 Å². The van der Waals surface area contributed by atoms with E-state index in [9.17, 15) is 18.0 Å². The molecule has 168 valence electrons. The zero-order valence-electron chi connectivity index (χ0n) is 17.7. The molecule has 2 fully saturated rings. The summed E-state index contributed by atoms with van der Waals surface area (Å²) in [5.41, 5.74) is 0.896. The summed E-state index contributed by atoms with van der Waals surface area (Å²) in [6.07, 6.45) is 2.51. The number of hydrogen-bond donors (Lipinski definition) is 0. The molecule has 0 spiro atoms. The number of aromatic nitrogens is 1. The Labute approximate surface area is 184 Å². The second-order valence-corrected chi connectivity index (χ2v) is 8.80. The van der Waals surface area contributed by atoms with Gasteiger partial charge in [-0.05, 0) is 55.0 Å². The minimum Gasteiger partial charge on any atom is -0.438 e. The van der Waals surface area contributed by atoms with Crippen LogP contribution in [0.25, 0.3) is 22.2 Å². The lowest BCUT2D eigenvalue weighted by Crippen LogP contribution is -2.36. The number of amides is 1. The van der Waals surface area contributed by atoms with Gasteiger partial charge in [0.05, 0.1) is 5.56 Å². The molecule has 2 heterocycles. The number of oxazole rings is 1. The van der Waals surface area contributed by atoms with Crippen LogP contribution in [0.2, 0.25) is 0 Å². The van der Waals surface area contributed by atoms with Crippen molar-refractivity contribution in [2.24, 2.45) is 5.92 Å². The molecule has 0 bridgehead atoms. The van der Waals surface area contributed by atoms with Crippen molar-refractivity contribution < 1.29 is 22.4 Å². The molecular weight excluding hydrogens is 417 g/mol. The molecule has 2 aromatic carbocycles. The van der Waals surface area contributed by atoms with Crippen molar-refractivity contribution in [2.45, 2.75) is 57.2 Å². The molecule has 1 aromatic heterocycles. The lowest BCUT2D eigenvalue weighted by Gasteiger charge is -2.29. The second-order valence-electron chi connectivity index (χ2n) is 8.80. The minimum atomic E-state index is -4.44. The van der Waals surface area contributed by atoms with Crippen LogP contribution in [0.15, 0.2) is 46.9 Å². The third kappa shape index (κ3) is 3.89. The number of rotatable bonds is 3. The Morgan fingerprint density at radius 1 is 1.00 bits per heavy atom. The number of hydrogen-bond acceptors (Lipinski definition) is 3. The third-order valence-electron chi connectivity index (χ3n) is 6.72. The maximum Gasteiger partial charge on any atom is 0.417 e. The van der Waals surface area contributed by atoms with Gasteiger partial charge in [-0.1, -0.05) is 43.5 Å². The molecular formula is C25H25F3N2O2. The SMILES string of the molecule is O=C(C1CCCCC1)N1CCC[C@@H]1c1nc2cc(-c3ccccc3C(F)(F)F)ccc2o1. The van der Waals surface area contributed by atoms with Gasteiger partial charge in [0, 0.05) is 12.5 Å². The topological polar surface area (TPSA) is 46.3 Å². The average molecular weight is 442 g/mol. The normalized spacial score (nSPS) is 20.2. The standard InChI is InChI=1S/C25H25F3N2O2/c26-25(27,28)19-10-5-4-9-18(19)17-12-13-22-20(15-17)29-23(32-22)21-11-6-14-30(21)24(31)16-7-2-1-3-8-16/h4-5,9-10,12-13,15-16,21H,1-3,6-8,11,14H2/t21-/m1/s1. The zero-order valence-corrected chi connectivity index (χ0v) is 17.7. The smallest absolute Gasteiger partial charge is 0.417 e. The van der Waals surface area contributed by atoms with Crippen LogP contribution in [0, 0.1) is 5.92 Å². The number of benzene rings is 2. The van der Waals surface area contributed by atoms with Crippen LogP contribution >= 0.6 is 0 Å². The molecule has 3 aromatic rings. The molecule has 0 N–H and O–H groups in total. The van der Waals surface area contributed by atoms with E-state index in [1.807, 2.05) is 4.90 Å². The third-order valence-corrected chi connectivity index (χ3v) is 6.72. The zero-order chi connectivity index (χ0) is 22.3. The second kappa shape index (κ2) is 8.26. The Balaban J connectivity index is 1.45. The first kappa shape index (κ1) is 21.0. The highest BCUT2D eigenvalue weighted by atomic mass is 19.4.